The van der Waals surface area contributed by atoms with Crippen molar-refractivity contribution in [3.05, 3.63) is 51.8 Å². The Kier molecular flexibility index (Phi) is 17.6. The van der Waals surface area contributed by atoms with E-state index in [9.17, 15) is 35.0 Å². The Bertz CT molecular complexity index is 1890. The zero-order valence-corrected chi connectivity index (χ0v) is 39.3. The van der Waals surface area contributed by atoms with E-state index in [1.165, 1.54) is 33.1 Å². The SMILES string of the molecule is CC[C@H]1OC(=O)[C@H](C)C(=O)[C@H](C)[C@@H](O[C@@H]2O[C@H](C)C[C@H](N(C)CCc3cn(CCc4ccc([N+](=O)[O-])cc4)nn3)[C@H]2O)[C@](C)(OC)C[C@@H](C)/C(=N\OC2CCCC2)[C@H](C)[C@@H](O)[C@]1(C)O. The fourth-order valence-corrected chi connectivity index (χ4v) is 9.72. The number of benzene rings is 1. The van der Waals surface area contributed by atoms with Crippen LogP contribution in [0.2, 0.25) is 0 Å². The van der Waals surface area contributed by atoms with Gasteiger partial charge in [0.25, 0.3) is 5.69 Å². The number of rotatable bonds is 14. The third-order valence-electron chi connectivity index (χ3n) is 13.9. The first-order valence-electron chi connectivity index (χ1n) is 23.0. The van der Waals surface area contributed by atoms with Crippen LogP contribution >= 0.6 is 0 Å². The lowest BCUT2D eigenvalue weighted by molar-refractivity contribution is -0.384. The molecule has 0 amide bonds. The highest BCUT2D eigenvalue weighted by Crippen LogP contribution is 2.39. The van der Waals surface area contributed by atoms with E-state index in [1.807, 2.05) is 38.9 Å². The van der Waals surface area contributed by atoms with Crippen molar-refractivity contribution in [3.8, 4) is 0 Å². The molecule has 1 aliphatic carbocycles. The number of esters is 1. The number of nitro benzene ring substituents is 1. The number of ether oxygens (including phenoxy) is 4. The van der Waals surface area contributed by atoms with Crippen LogP contribution in [0.1, 0.15) is 112 Å². The van der Waals surface area contributed by atoms with Crippen LogP contribution in [0.4, 0.5) is 5.69 Å². The van der Waals surface area contributed by atoms with Crippen molar-refractivity contribution in [2.45, 2.75) is 180 Å². The molecule has 3 N–H and O–H groups in total. The minimum Gasteiger partial charge on any atom is -0.459 e. The Morgan fingerprint density at radius 3 is 2.34 bits per heavy atom. The van der Waals surface area contributed by atoms with Crippen molar-refractivity contribution in [3.63, 3.8) is 0 Å². The lowest BCUT2D eigenvalue weighted by Gasteiger charge is -2.47. The number of carbonyl (C=O) groups excluding carboxylic acids is 2. The highest BCUT2D eigenvalue weighted by atomic mass is 16.7. The quantitative estimate of drug-likeness (QED) is 0.0999. The number of nitro groups is 1. The van der Waals surface area contributed by atoms with Crippen molar-refractivity contribution in [2.75, 3.05) is 20.7 Å². The fourth-order valence-electron chi connectivity index (χ4n) is 9.72. The summed E-state index contributed by atoms with van der Waals surface area (Å²) in [6.45, 7) is 14.8. The summed E-state index contributed by atoms with van der Waals surface area (Å²) in [5, 5.41) is 60.0. The second kappa shape index (κ2) is 22.1. The smallest absolute Gasteiger partial charge is 0.316 e. The number of oxime groups is 1. The van der Waals surface area contributed by atoms with Gasteiger partial charge in [-0.1, -0.05) is 50.2 Å². The maximum Gasteiger partial charge on any atom is 0.316 e. The minimum absolute atomic E-state index is 0.0411. The van der Waals surface area contributed by atoms with Gasteiger partial charge in [0.2, 0.25) is 0 Å². The lowest BCUT2D eigenvalue weighted by atomic mass is 9.74. The summed E-state index contributed by atoms with van der Waals surface area (Å²) in [6.07, 6.45) is 1.23. The molecule has 0 radical (unpaired) electrons. The summed E-state index contributed by atoms with van der Waals surface area (Å²) in [4.78, 5) is 46.8. The third-order valence-corrected chi connectivity index (χ3v) is 13.9. The summed E-state index contributed by atoms with van der Waals surface area (Å²) in [5.41, 5.74) is -0.947. The molecule has 2 saturated heterocycles. The van der Waals surface area contributed by atoms with Gasteiger partial charge in [-0.25, -0.2) is 0 Å². The van der Waals surface area contributed by atoms with E-state index in [-0.39, 0.29) is 30.7 Å². The van der Waals surface area contributed by atoms with Crippen molar-refractivity contribution in [1.82, 2.24) is 19.9 Å². The fraction of sp³-hybridized carbons (Fsp3) is 0.761. The Balaban J connectivity index is 1.37. The van der Waals surface area contributed by atoms with Crippen LogP contribution in [0, 0.1) is 33.8 Å². The molecule has 3 aliphatic rings. The molecule has 5 rings (SSSR count). The molecule has 2 aliphatic heterocycles. The number of nitrogens with zero attached hydrogens (tertiary/aromatic N) is 6. The molecule has 3 fully saturated rings. The van der Waals surface area contributed by atoms with Crippen LogP contribution in [-0.2, 0) is 52.8 Å². The molecule has 18 heteroatoms. The number of aliphatic hydroxyl groups excluding tert-OH is 2. The molecule has 0 unspecified atom stereocenters. The van der Waals surface area contributed by atoms with Crippen molar-refractivity contribution >= 4 is 23.2 Å². The maximum absolute atomic E-state index is 14.4. The van der Waals surface area contributed by atoms with Crippen molar-refractivity contribution < 1.29 is 53.6 Å². The van der Waals surface area contributed by atoms with Crippen molar-refractivity contribution in [2.24, 2.45) is 28.8 Å². The number of Topliss-reactive ketones (excluding diaryl/α,β-unsaturated/α-hetero) is 1. The highest BCUT2D eigenvalue weighted by Gasteiger charge is 2.52. The van der Waals surface area contributed by atoms with Gasteiger partial charge in [-0.05, 0) is 91.7 Å². The normalized spacial score (nSPS) is 35.7. The number of cyclic esters (lactones) is 1. The molecule has 1 aromatic carbocycles. The topological polar surface area (TPSA) is 230 Å². The number of non-ortho nitro benzene ring substituents is 1. The predicted molar refractivity (Wildman–Crippen MR) is 236 cm³/mol. The van der Waals surface area contributed by atoms with Gasteiger partial charge < -0.3 is 44.0 Å². The minimum atomic E-state index is -1.90. The molecular formula is C46H72N6O12. The molecular weight excluding hydrogens is 829 g/mol. The molecule has 1 saturated carbocycles. The Morgan fingerprint density at radius 1 is 1.05 bits per heavy atom. The van der Waals surface area contributed by atoms with Crippen LogP contribution in [-0.4, -0.2) is 138 Å². The molecule has 0 spiro atoms. The summed E-state index contributed by atoms with van der Waals surface area (Å²) in [7, 11) is 3.43. The molecule has 64 heavy (non-hydrogen) atoms. The first-order chi connectivity index (χ1) is 30.2. The van der Waals surface area contributed by atoms with Gasteiger partial charge in [0, 0.05) is 68.7 Å². The monoisotopic (exact) mass is 901 g/mol. The number of ketones is 1. The lowest BCUT2D eigenvalue weighted by Crippen LogP contribution is -2.60. The summed E-state index contributed by atoms with van der Waals surface area (Å²) >= 11 is 0. The van der Waals surface area contributed by atoms with Gasteiger partial charge in [-0.15, -0.1) is 5.10 Å². The standard InChI is InChI=1S/C46H72N6O12/c1-11-37-46(8,57)41(55)29(4)38(48-64-35-14-12-13-15-35)27(2)25-45(7,60-10)42(30(5)39(53)31(6)43(56)62-37)63-44-40(54)36(24-28(3)61-44)50(9)22-21-33-26-51(49-47-33)23-20-32-16-18-34(19-17-32)52(58)59/h16-19,26-31,35-37,40-42,44,54-55,57H,11-15,20-25H2,1-10H3/b48-38+/t27-,28-,29+,30+,31-,36+,37-,40-,41-,42-,44+,45-,46-/m1/s1. The van der Waals surface area contributed by atoms with E-state index in [2.05, 4.69) is 15.5 Å². The summed E-state index contributed by atoms with van der Waals surface area (Å²) in [5.74, 6) is -4.79. The van der Waals surface area contributed by atoms with E-state index in [1.54, 1.807) is 37.6 Å². The largest absolute Gasteiger partial charge is 0.459 e. The molecule has 13 atom stereocenters. The predicted octanol–water partition coefficient (Wildman–Crippen LogP) is 4.82. The average molecular weight is 901 g/mol. The number of likely N-dealkylation sites (N-methyl/N-ethyl adjacent to an activating group) is 1. The van der Waals surface area contributed by atoms with E-state index >= 15 is 0 Å². The van der Waals surface area contributed by atoms with Gasteiger partial charge in [0.05, 0.1) is 40.2 Å². The molecule has 0 bridgehead atoms. The number of aliphatic hydroxyl groups is 3. The number of methoxy groups -OCH3 is 1. The second-order valence-corrected chi connectivity index (χ2v) is 18.9. The third kappa shape index (κ3) is 12.1. The first-order valence-corrected chi connectivity index (χ1v) is 23.0. The molecule has 18 nitrogen and oxygen atoms in total. The van der Waals surface area contributed by atoms with Crippen molar-refractivity contribution in [1.29, 1.82) is 0 Å². The van der Waals surface area contributed by atoms with E-state index in [0.29, 0.717) is 38.1 Å². The summed E-state index contributed by atoms with van der Waals surface area (Å²) in [6, 6.07) is 6.02. The van der Waals surface area contributed by atoms with E-state index < -0.39 is 88.3 Å². The summed E-state index contributed by atoms with van der Waals surface area (Å²) < 4.78 is 27.0. The average Bonchev–Trinajstić information content (AvgIpc) is 3.98. The molecule has 358 valence electrons. The van der Waals surface area contributed by atoms with Gasteiger partial charge >= 0.3 is 5.97 Å². The molecule has 1 aromatic heterocycles. The number of hydrogen-bond donors (Lipinski definition) is 3. The maximum atomic E-state index is 14.4. The van der Waals surface area contributed by atoms with Crippen LogP contribution < -0.4 is 0 Å². The Hall–Kier alpha value is -3.91. The molecule has 2 aromatic rings. The number of hydrogen-bond acceptors (Lipinski definition) is 16. The zero-order valence-electron chi connectivity index (χ0n) is 39.3. The molecule has 3 heterocycles. The number of aryl methyl sites for hydroxylation is 2. The van der Waals surface area contributed by atoms with Gasteiger partial charge in [0.1, 0.15) is 29.8 Å². The van der Waals surface area contributed by atoms with Gasteiger partial charge in [-0.2, -0.15) is 0 Å². The zero-order chi connectivity index (χ0) is 47.1. The van der Waals surface area contributed by atoms with Crippen LogP contribution in [0.3, 0.4) is 0 Å². The van der Waals surface area contributed by atoms with E-state index in [4.69, 9.17) is 23.8 Å². The van der Waals surface area contributed by atoms with Crippen LogP contribution in [0.25, 0.3) is 0 Å². The second-order valence-electron chi connectivity index (χ2n) is 18.9. The highest BCUT2D eigenvalue weighted by molar-refractivity contribution is 6.00. The van der Waals surface area contributed by atoms with Gasteiger partial charge in [0.15, 0.2) is 12.1 Å². The van der Waals surface area contributed by atoms with Gasteiger partial charge in [-0.3, -0.25) is 24.4 Å². The van der Waals surface area contributed by atoms with Crippen LogP contribution in [0.15, 0.2) is 35.6 Å². The Morgan fingerprint density at radius 2 is 1.72 bits per heavy atom. The Labute approximate surface area is 377 Å². The van der Waals surface area contributed by atoms with E-state index in [0.717, 1.165) is 36.9 Å². The first kappa shape index (κ1) is 51.1. The number of carbonyl (C=O) groups is 2. The van der Waals surface area contributed by atoms with Crippen LogP contribution in [0.5, 0.6) is 0 Å². The number of aromatic nitrogens is 3.